The van der Waals surface area contributed by atoms with Crippen molar-refractivity contribution in [2.24, 2.45) is 5.73 Å². The largest absolute Gasteiger partial charge is 0.324 e. The molecule has 2 nitrogen and oxygen atoms in total. The van der Waals surface area contributed by atoms with Gasteiger partial charge in [-0.3, -0.25) is 4.79 Å². The van der Waals surface area contributed by atoms with E-state index < -0.39 is 0 Å². The molecule has 0 atom stereocenters. The van der Waals surface area contributed by atoms with Crippen LogP contribution in [0.4, 0.5) is 0 Å². The molecule has 0 saturated heterocycles. The van der Waals surface area contributed by atoms with E-state index in [2.05, 4.69) is 20.8 Å². The normalized spacial score (nSPS) is 11.4. The summed E-state index contributed by atoms with van der Waals surface area (Å²) in [6.07, 6.45) is 0. The molecule has 0 fully saturated rings. The Balaban J connectivity index is 2.95. The SMILES string of the molecule is CC(C)(C)c1ccc(C(=O)CN)cc1. The number of rotatable bonds is 2. The van der Waals surface area contributed by atoms with Gasteiger partial charge in [-0.1, -0.05) is 45.0 Å². The molecule has 0 radical (unpaired) electrons. The summed E-state index contributed by atoms with van der Waals surface area (Å²) in [6, 6.07) is 7.66. The third-order valence-corrected chi connectivity index (χ3v) is 2.26. The second kappa shape index (κ2) is 3.93. The molecule has 0 aliphatic carbocycles. The molecule has 0 saturated carbocycles. The predicted molar refractivity (Wildman–Crippen MR) is 58.5 cm³/mol. The first-order valence-corrected chi connectivity index (χ1v) is 4.79. The number of carbonyl (C=O) groups is 1. The maximum absolute atomic E-state index is 11.2. The Hall–Kier alpha value is -1.15. The van der Waals surface area contributed by atoms with E-state index in [9.17, 15) is 4.79 Å². The van der Waals surface area contributed by atoms with Crippen LogP contribution in [0.2, 0.25) is 0 Å². The molecule has 0 bridgehead atoms. The highest BCUT2D eigenvalue weighted by atomic mass is 16.1. The third-order valence-electron chi connectivity index (χ3n) is 2.26. The van der Waals surface area contributed by atoms with E-state index in [4.69, 9.17) is 5.73 Å². The number of carbonyl (C=O) groups excluding carboxylic acids is 1. The van der Waals surface area contributed by atoms with Crippen LogP contribution in [0.15, 0.2) is 24.3 Å². The molecule has 76 valence electrons. The van der Waals surface area contributed by atoms with Crippen LogP contribution in [-0.2, 0) is 5.41 Å². The average Bonchev–Trinajstić information content (AvgIpc) is 2.15. The van der Waals surface area contributed by atoms with Gasteiger partial charge >= 0.3 is 0 Å². The minimum atomic E-state index is -0.00883. The van der Waals surface area contributed by atoms with Crippen molar-refractivity contribution in [1.29, 1.82) is 0 Å². The van der Waals surface area contributed by atoms with Crippen LogP contribution >= 0.6 is 0 Å². The van der Waals surface area contributed by atoms with E-state index in [1.807, 2.05) is 24.3 Å². The number of nitrogens with two attached hydrogens (primary N) is 1. The smallest absolute Gasteiger partial charge is 0.176 e. The van der Waals surface area contributed by atoms with Crippen LogP contribution in [0.5, 0.6) is 0 Å². The summed E-state index contributed by atoms with van der Waals surface area (Å²) in [5.74, 6) is -0.00883. The summed E-state index contributed by atoms with van der Waals surface area (Å²) in [7, 11) is 0. The monoisotopic (exact) mass is 191 g/mol. The minimum absolute atomic E-state index is 0.00883. The van der Waals surface area contributed by atoms with E-state index in [0.29, 0.717) is 5.56 Å². The fourth-order valence-electron chi connectivity index (χ4n) is 1.27. The predicted octanol–water partition coefficient (Wildman–Crippen LogP) is 2.13. The Morgan fingerprint density at radius 3 is 2.07 bits per heavy atom. The van der Waals surface area contributed by atoms with E-state index in [-0.39, 0.29) is 17.7 Å². The highest BCUT2D eigenvalue weighted by Crippen LogP contribution is 2.22. The van der Waals surface area contributed by atoms with Gasteiger partial charge in [-0.15, -0.1) is 0 Å². The van der Waals surface area contributed by atoms with Crippen LogP contribution in [0, 0.1) is 0 Å². The first-order chi connectivity index (χ1) is 6.45. The van der Waals surface area contributed by atoms with Gasteiger partial charge in [0.1, 0.15) is 0 Å². The van der Waals surface area contributed by atoms with Gasteiger partial charge in [-0.2, -0.15) is 0 Å². The summed E-state index contributed by atoms with van der Waals surface area (Å²) in [5, 5.41) is 0. The molecular weight excluding hydrogens is 174 g/mol. The molecule has 0 aliphatic heterocycles. The van der Waals surface area contributed by atoms with E-state index in [0.717, 1.165) is 0 Å². The van der Waals surface area contributed by atoms with Crippen molar-refractivity contribution in [1.82, 2.24) is 0 Å². The second-order valence-corrected chi connectivity index (χ2v) is 4.45. The average molecular weight is 191 g/mol. The van der Waals surface area contributed by atoms with Crippen molar-refractivity contribution in [3.05, 3.63) is 35.4 Å². The van der Waals surface area contributed by atoms with Gasteiger partial charge in [-0.05, 0) is 11.0 Å². The standard InChI is InChI=1S/C12H17NO/c1-12(2,3)10-6-4-9(5-7-10)11(14)8-13/h4-7H,8,13H2,1-3H3. The highest BCUT2D eigenvalue weighted by Gasteiger charge is 2.13. The van der Waals surface area contributed by atoms with Crippen LogP contribution in [0.3, 0.4) is 0 Å². The Morgan fingerprint density at radius 1 is 1.21 bits per heavy atom. The molecule has 1 aromatic rings. The molecule has 1 aromatic carbocycles. The molecule has 2 heteroatoms. The first-order valence-electron chi connectivity index (χ1n) is 4.79. The Kier molecular flexibility index (Phi) is 3.06. The van der Waals surface area contributed by atoms with Crippen LogP contribution in [0.1, 0.15) is 36.7 Å². The van der Waals surface area contributed by atoms with Crippen molar-refractivity contribution >= 4 is 5.78 Å². The van der Waals surface area contributed by atoms with Gasteiger partial charge in [0, 0.05) is 5.56 Å². The van der Waals surface area contributed by atoms with Crippen molar-refractivity contribution in [2.75, 3.05) is 6.54 Å². The lowest BCUT2D eigenvalue weighted by Gasteiger charge is -2.18. The lowest BCUT2D eigenvalue weighted by atomic mass is 9.86. The zero-order valence-corrected chi connectivity index (χ0v) is 9.00. The number of benzene rings is 1. The molecule has 14 heavy (non-hydrogen) atoms. The Morgan fingerprint density at radius 2 is 1.71 bits per heavy atom. The lowest BCUT2D eigenvalue weighted by Crippen LogP contribution is -2.15. The van der Waals surface area contributed by atoms with Gasteiger partial charge in [0.05, 0.1) is 6.54 Å². The molecular formula is C12H17NO. The van der Waals surface area contributed by atoms with Crippen molar-refractivity contribution in [2.45, 2.75) is 26.2 Å². The van der Waals surface area contributed by atoms with E-state index >= 15 is 0 Å². The Labute approximate surface area is 85.1 Å². The van der Waals surface area contributed by atoms with E-state index in [1.54, 1.807) is 0 Å². The van der Waals surface area contributed by atoms with Crippen LogP contribution < -0.4 is 5.73 Å². The molecule has 0 amide bonds. The molecule has 2 N–H and O–H groups in total. The van der Waals surface area contributed by atoms with E-state index in [1.165, 1.54) is 5.56 Å². The molecule has 0 heterocycles. The summed E-state index contributed by atoms with van der Waals surface area (Å²) < 4.78 is 0. The fourth-order valence-corrected chi connectivity index (χ4v) is 1.27. The number of hydrogen-bond acceptors (Lipinski definition) is 2. The Bertz CT molecular complexity index is 319. The third kappa shape index (κ3) is 2.42. The van der Waals surface area contributed by atoms with Gasteiger partial charge < -0.3 is 5.73 Å². The first kappa shape index (κ1) is 10.9. The minimum Gasteiger partial charge on any atom is -0.324 e. The number of Topliss-reactive ketones (excluding diaryl/α,β-unsaturated/α-hetero) is 1. The highest BCUT2D eigenvalue weighted by molar-refractivity contribution is 5.97. The van der Waals surface area contributed by atoms with Crippen molar-refractivity contribution in [3.63, 3.8) is 0 Å². The summed E-state index contributed by atoms with van der Waals surface area (Å²) in [6.45, 7) is 6.52. The summed E-state index contributed by atoms with van der Waals surface area (Å²) >= 11 is 0. The summed E-state index contributed by atoms with van der Waals surface area (Å²) in [4.78, 5) is 11.2. The van der Waals surface area contributed by atoms with Crippen LogP contribution in [-0.4, -0.2) is 12.3 Å². The van der Waals surface area contributed by atoms with Crippen molar-refractivity contribution in [3.8, 4) is 0 Å². The van der Waals surface area contributed by atoms with Gasteiger partial charge in [-0.25, -0.2) is 0 Å². The summed E-state index contributed by atoms with van der Waals surface area (Å²) in [5.41, 5.74) is 7.33. The maximum atomic E-state index is 11.2. The second-order valence-electron chi connectivity index (χ2n) is 4.45. The van der Waals surface area contributed by atoms with Gasteiger partial charge in [0.25, 0.3) is 0 Å². The topological polar surface area (TPSA) is 43.1 Å². The quantitative estimate of drug-likeness (QED) is 0.728. The number of ketones is 1. The van der Waals surface area contributed by atoms with Gasteiger partial charge in [0.2, 0.25) is 0 Å². The molecule has 0 aromatic heterocycles. The zero-order chi connectivity index (χ0) is 10.8. The fraction of sp³-hybridized carbons (Fsp3) is 0.417. The van der Waals surface area contributed by atoms with Gasteiger partial charge in [0.15, 0.2) is 5.78 Å². The molecule has 0 spiro atoms. The van der Waals surface area contributed by atoms with Crippen molar-refractivity contribution < 1.29 is 4.79 Å². The lowest BCUT2D eigenvalue weighted by molar-refractivity contribution is 0.100. The number of hydrogen-bond donors (Lipinski definition) is 1. The zero-order valence-electron chi connectivity index (χ0n) is 9.00. The molecule has 1 rings (SSSR count). The van der Waals surface area contributed by atoms with Crippen LogP contribution in [0.25, 0.3) is 0 Å². The maximum Gasteiger partial charge on any atom is 0.176 e. The molecule has 0 aliphatic rings. The molecule has 0 unspecified atom stereocenters.